The Balaban J connectivity index is 0.000000362. The van der Waals surface area contributed by atoms with Crippen molar-refractivity contribution < 1.29 is 4.39 Å². The number of rotatable bonds is 4. The fraction of sp³-hybridized carbons (Fsp3) is 0.250. The maximum atomic E-state index is 14.6. The molecular formula is C28H27FN4O2. The van der Waals surface area contributed by atoms with Gasteiger partial charge in [-0.2, -0.15) is 5.10 Å². The van der Waals surface area contributed by atoms with Gasteiger partial charge in [-0.3, -0.25) is 14.2 Å². The van der Waals surface area contributed by atoms with Gasteiger partial charge >= 0.3 is 0 Å². The van der Waals surface area contributed by atoms with Crippen molar-refractivity contribution in [2.75, 3.05) is 0 Å². The summed E-state index contributed by atoms with van der Waals surface area (Å²) in [5.41, 5.74) is 2.59. The number of para-hydroxylation sites is 3. The highest BCUT2D eigenvalue weighted by Gasteiger charge is 2.18. The van der Waals surface area contributed by atoms with Crippen LogP contribution in [0.25, 0.3) is 27.8 Å². The van der Waals surface area contributed by atoms with Gasteiger partial charge in [0.2, 0.25) is 5.36 Å². The van der Waals surface area contributed by atoms with Gasteiger partial charge in [-0.25, -0.2) is 4.39 Å². The highest BCUT2D eigenvalue weighted by atomic mass is 19.1. The quantitative estimate of drug-likeness (QED) is 0.314. The molecule has 2 aromatic carbocycles. The van der Waals surface area contributed by atoms with E-state index < -0.39 is 22.3 Å². The molecule has 1 heterocycles. The number of aromatic nitrogens is 2. The topological polar surface area (TPSA) is 82.4 Å². The van der Waals surface area contributed by atoms with Crippen molar-refractivity contribution in [1.82, 2.24) is 9.13 Å². The van der Waals surface area contributed by atoms with Gasteiger partial charge in [0.25, 0.3) is 11.1 Å². The molecule has 0 atom stereocenters. The molecule has 7 heteroatoms. The van der Waals surface area contributed by atoms with Gasteiger partial charge in [0.05, 0.1) is 16.7 Å². The van der Waals surface area contributed by atoms with Crippen LogP contribution in [0.5, 0.6) is 0 Å². The second-order valence-corrected chi connectivity index (χ2v) is 9.04. The van der Waals surface area contributed by atoms with Crippen molar-refractivity contribution in [2.24, 2.45) is 16.9 Å². The summed E-state index contributed by atoms with van der Waals surface area (Å²) in [5, 5.41) is 3.09. The maximum Gasteiger partial charge on any atom is 0.289 e. The fourth-order valence-corrected chi connectivity index (χ4v) is 4.92. The minimum Gasteiger partial charge on any atom is -0.322 e. The Hall–Kier alpha value is -4.00. The molecule has 3 aliphatic rings. The molecule has 1 aromatic heterocycles. The molecule has 178 valence electrons. The van der Waals surface area contributed by atoms with Crippen LogP contribution >= 0.6 is 0 Å². The van der Waals surface area contributed by atoms with Gasteiger partial charge < -0.3 is 10.4 Å². The van der Waals surface area contributed by atoms with Crippen LogP contribution in [-0.2, 0) is 6.54 Å². The molecule has 0 saturated heterocycles. The summed E-state index contributed by atoms with van der Waals surface area (Å²) in [4.78, 5) is 26.4. The molecule has 3 aliphatic carbocycles. The van der Waals surface area contributed by atoms with Crippen LogP contribution in [0.1, 0.15) is 32.1 Å². The van der Waals surface area contributed by atoms with Crippen molar-refractivity contribution >= 4 is 11.0 Å². The first-order chi connectivity index (χ1) is 17.1. The van der Waals surface area contributed by atoms with Crippen LogP contribution in [0.3, 0.4) is 0 Å². The Morgan fingerprint density at radius 1 is 0.857 bits per heavy atom. The minimum absolute atomic E-state index is 0.0524. The number of benzene rings is 3. The molecule has 0 spiro atoms. The largest absolute Gasteiger partial charge is 0.322 e. The average molecular weight is 471 g/mol. The number of hydrogen-bond donors (Lipinski definition) is 1. The van der Waals surface area contributed by atoms with E-state index in [4.69, 9.17) is 5.84 Å². The lowest BCUT2D eigenvalue weighted by atomic mass is 10.0. The highest BCUT2D eigenvalue weighted by Crippen LogP contribution is 2.32. The van der Waals surface area contributed by atoms with E-state index >= 15 is 0 Å². The third kappa shape index (κ3) is 4.54. The normalized spacial score (nSPS) is 14.6. The van der Waals surface area contributed by atoms with Crippen LogP contribution in [-0.4, -0.2) is 9.13 Å². The van der Waals surface area contributed by atoms with Gasteiger partial charge in [-0.1, -0.05) is 68.1 Å². The first-order valence-corrected chi connectivity index (χ1v) is 12.0. The first-order valence-electron chi connectivity index (χ1n) is 12.0. The molecule has 0 amide bonds. The Kier molecular flexibility index (Phi) is 6.31. The van der Waals surface area contributed by atoms with E-state index in [-0.39, 0.29) is 5.69 Å². The first kappa shape index (κ1) is 22.8. The number of nitrogens with two attached hydrogens (primary N) is 1. The van der Waals surface area contributed by atoms with Crippen molar-refractivity contribution in [1.29, 1.82) is 0 Å². The van der Waals surface area contributed by atoms with Crippen molar-refractivity contribution in [3.8, 4) is 16.8 Å². The van der Waals surface area contributed by atoms with E-state index in [0.717, 1.165) is 19.3 Å². The molecule has 2 N–H and O–H groups in total. The van der Waals surface area contributed by atoms with Gasteiger partial charge in [0.15, 0.2) is 0 Å². The molecular weight excluding hydrogens is 443 g/mol. The molecule has 0 radical (unpaired) electrons. The number of nitrogens with zero attached hydrogens (tertiary/aromatic N) is 3. The highest BCUT2D eigenvalue weighted by molar-refractivity contribution is 5.80. The summed E-state index contributed by atoms with van der Waals surface area (Å²) in [6.07, 6.45) is 5.57. The van der Waals surface area contributed by atoms with Gasteiger partial charge in [-0.05, 0) is 53.8 Å². The van der Waals surface area contributed by atoms with Crippen molar-refractivity contribution in [3.05, 3.63) is 105 Å². The summed E-state index contributed by atoms with van der Waals surface area (Å²) in [6.45, 7) is 0.456. The van der Waals surface area contributed by atoms with Crippen LogP contribution in [0.15, 0.2) is 87.5 Å². The number of fused-ring (bicyclic) bond motifs is 2. The van der Waals surface area contributed by atoms with Crippen LogP contribution in [0, 0.1) is 11.7 Å². The Labute approximate surface area is 201 Å². The molecule has 3 aromatic rings. The SMILES string of the molecule is NN=c1c(=O)n(CCC2CCCC2)c2ccccc2n(-c2ccccc2F)c1=O.c1cc2cc-2c1. The molecule has 35 heavy (non-hydrogen) atoms. The monoisotopic (exact) mass is 470 g/mol. The molecule has 6 rings (SSSR count). The summed E-state index contributed by atoms with van der Waals surface area (Å²) in [6, 6.07) is 21.5. The van der Waals surface area contributed by atoms with E-state index in [9.17, 15) is 14.0 Å². The Bertz CT molecular complexity index is 1570. The van der Waals surface area contributed by atoms with Crippen LogP contribution < -0.4 is 22.3 Å². The predicted molar refractivity (Wildman–Crippen MR) is 136 cm³/mol. The van der Waals surface area contributed by atoms with Gasteiger partial charge in [-0.15, -0.1) is 0 Å². The van der Waals surface area contributed by atoms with E-state index in [1.807, 2.05) is 0 Å². The van der Waals surface area contributed by atoms with Gasteiger partial charge in [0, 0.05) is 6.54 Å². The second-order valence-electron chi connectivity index (χ2n) is 9.04. The number of hydrogen-bond acceptors (Lipinski definition) is 4. The number of halogens is 1. The van der Waals surface area contributed by atoms with Crippen molar-refractivity contribution in [3.63, 3.8) is 0 Å². The standard InChI is InChI=1S/C22H23FN4O2.C6H4/c23-16-9-3-4-10-17(16)27-19-12-6-5-11-18(19)26(14-13-15-7-1-2-8-15)21(28)20(25-24)22(27)29;1-2-5-4-6(5)3-1/h3-6,9-12,15H,1-2,7-8,13-14,24H2;1-4H. The molecule has 6 nitrogen and oxygen atoms in total. The third-order valence-corrected chi connectivity index (χ3v) is 6.84. The average Bonchev–Trinajstić information content (AvgIpc) is 3.22. The van der Waals surface area contributed by atoms with E-state index in [1.54, 1.807) is 41.0 Å². The Morgan fingerprint density at radius 3 is 2.11 bits per heavy atom. The fourth-order valence-electron chi connectivity index (χ4n) is 4.92. The lowest BCUT2D eigenvalue weighted by molar-refractivity contribution is 0.458. The third-order valence-electron chi connectivity index (χ3n) is 6.84. The lowest BCUT2D eigenvalue weighted by Crippen LogP contribution is -2.45. The summed E-state index contributed by atoms with van der Waals surface area (Å²) < 4.78 is 17.3. The zero-order valence-corrected chi connectivity index (χ0v) is 19.4. The van der Waals surface area contributed by atoms with E-state index in [2.05, 4.69) is 29.4 Å². The smallest absolute Gasteiger partial charge is 0.289 e. The summed E-state index contributed by atoms with van der Waals surface area (Å²) >= 11 is 0. The Morgan fingerprint density at radius 2 is 1.51 bits per heavy atom. The van der Waals surface area contributed by atoms with Crippen LogP contribution in [0.4, 0.5) is 4.39 Å². The minimum atomic E-state index is -0.738. The van der Waals surface area contributed by atoms with E-state index in [0.29, 0.717) is 23.5 Å². The van der Waals surface area contributed by atoms with E-state index in [1.165, 1.54) is 40.7 Å². The second kappa shape index (κ2) is 9.70. The molecule has 0 unspecified atom stereocenters. The summed E-state index contributed by atoms with van der Waals surface area (Å²) in [5.74, 6) is 5.44. The molecule has 1 saturated carbocycles. The lowest BCUT2D eigenvalue weighted by Gasteiger charge is -2.12. The summed E-state index contributed by atoms with van der Waals surface area (Å²) in [7, 11) is 0. The molecule has 0 aliphatic heterocycles. The predicted octanol–water partition coefficient (Wildman–Crippen LogP) is 4.31. The zero-order valence-electron chi connectivity index (χ0n) is 19.4. The number of aryl methyl sites for hydroxylation is 1. The zero-order chi connectivity index (χ0) is 24.4. The van der Waals surface area contributed by atoms with Crippen LogP contribution in [0.2, 0.25) is 0 Å². The van der Waals surface area contributed by atoms with Crippen molar-refractivity contribution in [2.45, 2.75) is 38.6 Å². The van der Waals surface area contributed by atoms with Gasteiger partial charge in [0.1, 0.15) is 5.82 Å². The molecule has 1 fully saturated rings. The molecule has 0 bridgehead atoms. The maximum absolute atomic E-state index is 14.6.